The number of anilines is 1. The fourth-order valence-electron chi connectivity index (χ4n) is 3.56. The summed E-state index contributed by atoms with van der Waals surface area (Å²) in [7, 11) is 0. The van der Waals surface area contributed by atoms with Gasteiger partial charge in [0.25, 0.3) is 17.7 Å². The van der Waals surface area contributed by atoms with Crippen LogP contribution in [0, 0.1) is 13.8 Å². The molecule has 1 aliphatic rings. The molecule has 0 saturated carbocycles. The minimum atomic E-state index is -0.933. The normalized spacial score (nSPS) is 15.0. The Morgan fingerprint density at radius 1 is 1.00 bits per heavy atom. The SMILES string of the molecule is Cc1cc(/C=C2\C(=O)NC(=O)N(c3cccc(Cl)c3Cl)C2=O)c(C)n1NC(=O)c1ccccc1. The van der Waals surface area contributed by atoms with E-state index in [0.29, 0.717) is 22.5 Å². The first-order valence-corrected chi connectivity index (χ1v) is 10.9. The molecule has 1 aromatic heterocycles. The highest BCUT2D eigenvalue weighted by atomic mass is 35.5. The molecule has 10 heteroatoms. The van der Waals surface area contributed by atoms with Gasteiger partial charge in [0.2, 0.25) is 0 Å². The predicted molar refractivity (Wildman–Crippen MR) is 130 cm³/mol. The molecule has 5 amide bonds. The summed E-state index contributed by atoms with van der Waals surface area (Å²) in [4.78, 5) is 51.5. The summed E-state index contributed by atoms with van der Waals surface area (Å²) in [6, 6.07) is 14.0. The van der Waals surface area contributed by atoms with Gasteiger partial charge in [0.1, 0.15) is 5.57 Å². The zero-order chi connectivity index (χ0) is 24.6. The quantitative estimate of drug-likeness (QED) is 0.411. The van der Waals surface area contributed by atoms with Crippen molar-refractivity contribution < 1.29 is 19.2 Å². The molecule has 0 aliphatic carbocycles. The topological polar surface area (TPSA) is 101 Å². The van der Waals surface area contributed by atoms with E-state index >= 15 is 0 Å². The average Bonchev–Trinajstić information content (AvgIpc) is 3.07. The maximum Gasteiger partial charge on any atom is 0.336 e. The van der Waals surface area contributed by atoms with Crippen LogP contribution in [0.3, 0.4) is 0 Å². The van der Waals surface area contributed by atoms with Crippen LogP contribution in [0.1, 0.15) is 27.3 Å². The Bertz CT molecular complexity index is 1380. The molecule has 172 valence electrons. The van der Waals surface area contributed by atoms with Gasteiger partial charge in [-0.25, -0.2) is 9.69 Å². The number of carbonyl (C=O) groups is 4. The maximum absolute atomic E-state index is 13.2. The number of urea groups is 1. The highest BCUT2D eigenvalue weighted by Crippen LogP contribution is 2.34. The first-order valence-electron chi connectivity index (χ1n) is 10.1. The van der Waals surface area contributed by atoms with Gasteiger partial charge in [0.15, 0.2) is 0 Å². The van der Waals surface area contributed by atoms with Gasteiger partial charge in [-0.05, 0) is 55.8 Å². The van der Waals surface area contributed by atoms with Gasteiger partial charge in [-0.2, -0.15) is 0 Å². The van der Waals surface area contributed by atoms with Crippen LogP contribution in [0.5, 0.6) is 0 Å². The molecule has 3 aromatic rings. The first kappa shape index (κ1) is 23.3. The molecule has 2 aromatic carbocycles. The molecule has 0 atom stereocenters. The van der Waals surface area contributed by atoms with E-state index in [-0.39, 0.29) is 27.2 Å². The number of aromatic nitrogens is 1. The molecule has 2 heterocycles. The van der Waals surface area contributed by atoms with Gasteiger partial charge in [0.05, 0.1) is 15.7 Å². The lowest BCUT2D eigenvalue weighted by Crippen LogP contribution is -2.54. The zero-order valence-electron chi connectivity index (χ0n) is 18.1. The van der Waals surface area contributed by atoms with Crippen LogP contribution in [0.15, 0.2) is 60.2 Å². The van der Waals surface area contributed by atoms with E-state index in [1.807, 2.05) is 6.07 Å². The summed E-state index contributed by atoms with van der Waals surface area (Å²) in [6.07, 6.45) is 1.36. The van der Waals surface area contributed by atoms with Gasteiger partial charge in [-0.3, -0.25) is 29.8 Å². The average molecular weight is 497 g/mol. The molecule has 34 heavy (non-hydrogen) atoms. The van der Waals surface area contributed by atoms with E-state index in [0.717, 1.165) is 4.90 Å². The Labute approximate surface area is 204 Å². The zero-order valence-corrected chi connectivity index (χ0v) is 19.6. The highest BCUT2D eigenvalue weighted by molar-refractivity contribution is 6.46. The number of nitrogens with zero attached hydrogens (tertiary/aromatic N) is 2. The molecule has 4 rings (SSSR count). The van der Waals surface area contributed by atoms with Crippen LogP contribution in [0.25, 0.3) is 6.08 Å². The van der Waals surface area contributed by atoms with Gasteiger partial charge in [-0.1, -0.05) is 47.5 Å². The van der Waals surface area contributed by atoms with Crippen molar-refractivity contribution in [3.8, 4) is 0 Å². The van der Waals surface area contributed by atoms with E-state index in [9.17, 15) is 19.2 Å². The third-order valence-corrected chi connectivity index (χ3v) is 6.10. The minimum Gasteiger partial charge on any atom is -0.273 e. The third-order valence-electron chi connectivity index (χ3n) is 5.29. The van der Waals surface area contributed by atoms with E-state index in [1.165, 1.54) is 24.3 Å². The van der Waals surface area contributed by atoms with Crippen LogP contribution in [-0.4, -0.2) is 28.4 Å². The van der Waals surface area contributed by atoms with Crippen LogP contribution in [-0.2, 0) is 9.59 Å². The first-order chi connectivity index (χ1) is 16.2. The van der Waals surface area contributed by atoms with Crippen molar-refractivity contribution in [1.29, 1.82) is 0 Å². The van der Waals surface area contributed by atoms with Crippen LogP contribution in [0.2, 0.25) is 10.0 Å². The van der Waals surface area contributed by atoms with Crippen molar-refractivity contribution in [2.75, 3.05) is 10.3 Å². The molecule has 1 aliphatic heterocycles. The minimum absolute atomic E-state index is 0.00293. The number of imide groups is 2. The van der Waals surface area contributed by atoms with Gasteiger partial charge < -0.3 is 0 Å². The number of rotatable bonds is 4. The number of hydrogen-bond donors (Lipinski definition) is 2. The Balaban J connectivity index is 1.69. The molecular weight excluding hydrogens is 479 g/mol. The summed E-state index contributed by atoms with van der Waals surface area (Å²) in [6.45, 7) is 3.50. The second-order valence-corrected chi connectivity index (χ2v) is 8.28. The fraction of sp³-hybridized carbons (Fsp3) is 0.0833. The summed E-state index contributed by atoms with van der Waals surface area (Å²) in [5.41, 5.74) is 4.81. The number of halogens is 2. The van der Waals surface area contributed by atoms with E-state index in [1.54, 1.807) is 48.9 Å². The van der Waals surface area contributed by atoms with E-state index < -0.39 is 17.8 Å². The molecule has 8 nitrogen and oxygen atoms in total. The van der Waals surface area contributed by atoms with Crippen molar-refractivity contribution in [3.05, 3.63) is 92.7 Å². The summed E-state index contributed by atoms with van der Waals surface area (Å²) < 4.78 is 1.56. The van der Waals surface area contributed by atoms with Crippen molar-refractivity contribution in [2.24, 2.45) is 0 Å². The molecule has 2 N–H and O–H groups in total. The fourth-order valence-corrected chi connectivity index (χ4v) is 3.94. The number of benzene rings is 2. The van der Waals surface area contributed by atoms with Crippen molar-refractivity contribution >= 4 is 58.7 Å². The largest absolute Gasteiger partial charge is 0.336 e. The smallest absolute Gasteiger partial charge is 0.273 e. The van der Waals surface area contributed by atoms with Gasteiger partial charge >= 0.3 is 6.03 Å². The maximum atomic E-state index is 13.2. The monoisotopic (exact) mass is 496 g/mol. The lowest BCUT2D eigenvalue weighted by atomic mass is 10.1. The summed E-state index contributed by atoms with van der Waals surface area (Å²) in [5.74, 6) is -2.01. The molecule has 0 radical (unpaired) electrons. The van der Waals surface area contributed by atoms with Crippen molar-refractivity contribution in [1.82, 2.24) is 9.99 Å². The molecule has 0 bridgehead atoms. The lowest BCUT2D eigenvalue weighted by molar-refractivity contribution is -0.122. The van der Waals surface area contributed by atoms with E-state index in [4.69, 9.17) is 23.2 Å². The van der Waals surface area contributed by atoms with Crippen LogP contribution < -0.4 is 15.6 Å². The molecular formula is C24H18Cl2N4O4. The molecule has 0 spiro atoms. The third kappa shape index (κ3) is 4.21. The number of amides is 5. The predicted octanol–water partition coefficient (Wildman–Crippen LogP) is 4.46. The van der Waals surface area contributed by atoms with Gasteiger partial charge in [0, 0.05) is 17.0 Å². The molecule has 1 saturated heterocycles. The van der Waals surface area contributed by atoms with Crippen LogP contribution in [0.4, 0.5) is 10.5 Å². The standard InChI is InChI=1S/C24H18Cl2N4O4/c1-13-11-16(14(2)30(13)28-21(31)15-7-4-3-5-8-15)12-17-22(32)27-24(34)29(23(17)33)19-10-6-9-18(25)20(19)26/h3-12H,1-2H3,(H,28,31)(H,27,32,34)/b17-12+. The van der Waals surface area contributed by atoms with E-state index in [2.05, 4.69) is 10.7 Å². The lowest BCUT2D eigenvalue weighted by Gasteiger charge is -2.27. The number of hydrogen-bond acceptors (Lipinski definition) is 4. The van der Waals surface area contributed by atoms with Crippen molar-refractivity contribution in [2.45, 2.75) is 13.8 Å². The Kier molecular flexibility index (Phi) is 6.28. The summed E-state index contributed by atoms with van der Waals surface area (Å²) >= 11 is 12.2. The number of nitrogens with one attached hydrogen (secondary N) is 2. The summed E-state index contributed by atoms with van der Waals surface area (Å²) in [5, 5.41) is 2.31. The number of barbiturate groups is 1. The van der Waals surface area contributed by atoms with Crippen molar-refractivity contribution in [3.63, 3.8) is 0 Å². The second-order valence-electron chi connectivity index (χ2n) is 7.50. The number of aryl methyl sites for hydroxylation is 1. The van der Waals surface area contributed by atoms with Gasteiger partial charge in [-0.15, -0.1) is 0 Å². The molecule has 0 unspecified atom stereocenters. The molecule has 1 fully saturated rings. The second kappa shape index (κ2) is 9.17. The van der Waals surface area contributed by atoms with Crippen LogP contribution >= 0.6 is 23.2 Å². The number of carbonyl (C=O) groups excluding carboxylic acids is 4. The Morgan fingerprint density at radius 3 is 2.41 bits per heavy atom. The Morgan fingerprint density at radius 2 is 1.71 bits per heavy atom. The Hall–Kier alpha value is -3.88. The highest BCUT2D eigenvalue weighted by Gasteiger charge is 2.38.